The van der Waals surface area contributed by atoms with Gasteiger partial charge in [-0.3, -0.25) is 4.79 Å². The van der Waals surface area contributed by atoms with Gasteiger partial charge in [0.25, 0.3) is 0 Å². The van der Waals surface area contributed by atoms with Gasteiger partial charge < -0.3 is 20.4 Å². The smallest absolute Gasteiger partial charge is 0.317 e. The molecule has 0 aliphatic heterocycles. The summed E-state index contributed by atoms with van der Waals surface area (Å²) in [6.07, 6.45) is 0.565. The predicted molar refractivity (Wildman–Crippen MR) is 74.7 cm³/mol. The van der Waals surface area contributed by atoms with Crippen LogP contribution in [-0.4, -0.2) is 46.7 Å². The van der Waals surface area contributed by atoms with Crippen molar-refractivity contribution in [1.82, 2.24) is 10.2 Å². The summed E-state index contributed by atoms with van der Waals surface area (Å²) in [6, 6.07) is 6.42. The van der Waals surface area contributed by atoms with Crippen molar-refractivity contribution in [3.05, 3.63) is 29.8 Å². The minimum absolute atomic E-state index is 0.0732. The second-order valence-corrected chi connectivity index (χ2v) is 4.79. The van der Waals surface area contributed by atoms with E-state index >= 15 is 0 Å². The van der Waals surface area contributed by atoms with Crippen LogP contribution in [0, 0.1) is 0 Å². The average Bonchev–Trinajstić information content (AvgIpc) is 2.38. The zero-order chi connectivity index (χ0) is 15.1. The topological polar surface area (TPSA) is 89.9 Å². The van der Waals surface area contributed by atoms with E-state index in [0.29, 0.717) is 6.42 Å². The van der Waals surface area contributed by atoms with E-state index in [0.717, 1.165) is 5.56 Å². The van der Waals surface area contributed by atoms with E-state index in [1.807, 2.05) is 6.92 Å². The number of phenolic OH excluding ortho intramolecular Hbond substituents is 1. The largest absolute Gasteiger partial charge is 0.508 e. The Bertz CT molecular complexity index is 459. The van der Waals surface area contributed by atoms with Crippen LogP contribution in [0.3, 0.4) is 0 Å². The van der Waals surface area contributed by atoms with E-state index in [2.05, 4.69) is 5.32 Å². The number of carboxylic acids is 1. The number of nitrogens with zero attached hydrogens (tertiary/aromatic N) is 1. The summed E-state index contributed by atoms with van der Waals surface area (Å²) < 4.78 is 0. The SMILES string of the molecule is CC(Cc1ccc(O)cc1)NC(=O)N(C)CCC(=O)O. The van der Waals surface area contributed by atoms with Gasteiger partial charge in [-0.2, -0.15) is 0 Å². The summed E-state index contributed by atoms with van der Waals surface area (Å²) in [5, 5.41) is 20.6. The number of carboxylic acid groups (broad SMARTS) is 1. The summed E-state index contributed by atoms with van der Waals surface area (Å²) in [7, 11) is 1.56. The fourth-order valence-electron chi connectivity index (χ4n) is 1.72. The molecule has 0 radical (unpaired) electrons. The van der Waals surface area contributed by atoms with Gasteiger partial charge in [-0.05, 0) is 31.0 Å². The van der Waals surface area contributed by atoms with Gasteiger partial charge in [0, 0.05) is 19.6 Å². The van der Waals surface area contributed by atoms with Crippen molar-refractivity contribution >= 4 is 12.0 Å². The highest BCUT2D eigenvalue weighted by molar-refractivity contribution is 5.75. The predicted octanol–water partition coefficient (Wildman–Crippen LogP) is 1.44. The second-order valence-electron chi connectivity index (χ2n) is 4.79. The molecule has 0 spiro atoms. The number of hydrogen-bond acceptors (Lipinski definition) is 3. The van der Waals surface area contributed by atoms with E-state index in [1.165, 1.54) is 4.90 Å². The van der Waals surface area contributed by atoms with E-state index in [1.54, 1.807) is 31.3 Å². The van der Waals surface area contributed by atoms with Crippen LogP contribution in [0.1, 0.15) is 18.9 Å². The Labute approximate surface area is 118 Å². The van der Waals surface area contributed by atoms with Gasteiger partial charge >= 0.3 is 12.0 Å². The molecule has 0 aliphatic carbocycles. The van der Waals surface area contributed by atoms with Crippen LogP contribution in [0.25, 0.3) is 0 Å². The molecular formula is C14H20N2O4. The minimum Gasteiger partial charge on any atom is -0.508 e. The Morgan fingerprint density at radius 1 is 1.30 bits per heavy atom. The maximum Gasteiger partial charge on any atom is 0.317 e. The summed E-state index contributed by atoms with van der Waals surface area (Å²) >= 11 is 0. The first-order valence-corrected chi connectivity index (χ1v) is 6.40. The molecule has 6 heteroatoms. The quantitative estimate of drug-likeness (QED) is 0.735. The highest BCUT2D eigenvalue weighted by atomic mass is 16.4. The van der Waals surface area contributed by atoms with Crippen molar-refractivity contribution in [3.63, 3.8) is 0 Å². The van der Waals surface area contributed by atoms with Gasteiger partial charge in [0.15, 0.2) is 0 Å². The number of phenols is 1. The van der Waals surface area contributed by atoms with Gasteiger partial charge in [0.2, 0.25) is 0 Å². The molecule has 1 aromatic rings. The standard InChI is InChI=1S/C14H20N2O4/c1-10(9-11-3-5-12(17)6-4-11)15-14(20)16(2)8-7-13(18)19/h3-6,10,17H,7-9H2,1-2H3,(H,15,20)(H,18,19). The molecule has 0 bridgehead atoms. The number of rotatable bonds is 6. The molecule has 20 heavy (non-hydrogen) atoms. The number of nitrogens with one attached hydrogen (secondary N) is 1. The fourth-order valence-corrected chi connectivity index (χ4v) is 1.72. The number of hydrogen-bond donors (Lipinski definition) is 3. The molecule has 0 aliphatic rings. The van der Waals surface area contributed by atoms with Crippen LogP contribution < -0.4 is 5.32 Å². The molecule has 1 unspecified atom stereocenters. The lowest BCUT2D eigenvalue weighted by Crippen LogP contribution is -2.43. The van der Waals surface area contributed by atoms with Gasteiger partial charge in [-0.15, -0.1) is 0 Å². The molecule has 1 rings (SSSR count). The molecule has 0 fully saturated rings. The maximum atomic E-state index is 11.8. The molecule has 0 saturated carbocycles. The van der Waals surface area contributed by atoms with Crippen molar-refractivity contribution in [2.75, 3.05) is 13.6 Å². The molecule has 1 aromatic carbocycles. The lowest BCUT2D eigenvalue weighted by molar-refractivity contribution is -0.137. The van der Waals surface area contributed by atoms with E-state index < -0.39 is 5.97 Å². The zero-order valence-electron chi connectivity index (χ0n) is 11.7. The summed E-state index contributed by atoms with van der Waals surface area (Å²) in [4.78, 5) is 23.6. The van der Waals surface area contributed by atoms with Crippen molar-refractivity contribution in [3.8, 4) is 5.75 Å². The Hall–Kier alpha value is -2.24. The minimum atomic E-state index is -0.929. The first-order valence-electron chi connectivity index (χ1n) is 6.40. The molecule has 2 amide bonds. The first kappa shape index (κ1) is 15.8. The van der Waals surface area contributed by atoms with Crippen LogP contribution in [0.4, 0.5) is 4.79 Å². The molecule has 110 valence electrons. The molecule has 0 heterocycles. The van der Waals surface area contributed by atoms with E-state index in [9.17, 15) is 14.7 Å². The number of carbonyl (C=O) groups is 2. The van der Waals surface area contributed by atoms with Crippen molar-refractivity contribution in [2.24, 2.45) is 0 Å². The van der Waals surface area contributed by atoms with Gasteiger partial charge in [-0.1, -0.05) is 12.1 Å². The third kappa shape index (κ3) is 5.60. The van der Waals surface area contributed by atoms with Crippen molar-refractivity contribution in [2.45, 2.75) is 25.8 Å². The molecule has 3 N–H and O–H groups in total. The Balaban J connectivity index is 2.41. The van der Waals surface area contributed by atoms with E-state index in [-0.39, 0.29) is 30.8 Å². The Morgan fingerprint density at radius 3 is 2.45 bits per heavy atom. The first-order chi connectivity index (χ1) is 9.38. The summed E-state index contributed by atoms with van der Waals surface area (Å²) in [6.45, 7) is 2.04. The maximum absolute atomic E-state index is 11.8. The number of benzene rings is 1. The second kappa shape index (κ2) is 7.37. The number of carbonyl (C=O) groups excluding carboxylic acids is 1. The molecular weight excluding hydrogens is 260 g/mol. The normalized spacial score (nSPS) is 11.7. The third-order valence-electron chi connectivity index (χ3n) is 2.86. The van der Waals surface area contributed by atoms with Crippen LogP contribution in [0.2, 0.25) is 0 Å². The van der Waals surface area contributed by atoms with Crippen LogP contribution >= 0.6 is 0 Å². The highest BCUT2D eigenvalue weighted by Gasteiger charge is 2.13. The monoisotopic (exact) mass is 280 g/mol. The van der Waals surface area contributed by atoms with Crippen LogP contribution in [0.5, 0.6) is 5.75 Å². The number of aliphatic carboxylic acids is 1. The zero-order valence-corrected chi connectivity index (χ0v) is 11.7. The van der Waals surface area contributed by atoms with Crippen molar-refractivity contribution in [1.29, 1.82) is 0 Å². The molecule has 6 nitrogen and oxygen atoms in total. The van der Waals surface area contributed by atoms with Crippen LogP contribution in [0.15, 0.2) is 24.3 Å². The highest BCUT2D eigenvalue weighted by Crippen LogP contribution is 2.11. The summed E-state index contributed by atoms with van der Waals surface area (Å²) in [5.74, 6) is -0.722. The molecule has 0 aromatic heterocycles. The number of aromatic hydroxyl groups is 1. The number of amides is 2. The molecule has 1 atom stereocenters. The Morgan fingerprint density at radius 2 is 1.90 bits per heavy atom. The van der Waals surface area contributed by atoms with Crippen LogP contribution in [-0.2, 0) is 11.2 Å². The fraction of sp³-hybridized carbons (Fsp3) is 0.429. The van der Waals surface area contributed by atoms with Gasteiger partial charge in [-0.25, -0.2) is 4.79 Å². The summed E-state index contributed by atoms with van der Waals surface area (Å²) in [5.41, 5.74) is 1.00. The van der Waals surface area contributed by atoms with Gasteiger partial charge in [0.1, 0.15) is 5.75 Å². The lowest BCUT2D eigenvalue weighted by Gasteiger charge is -2.20. The lowest BCUT2D eigenvalue weighted by atomic mass is 10.1. The number of urea groups is 1. The van der Waals surface area contributed by atoms with Crippen molar-refractivity contribution < 1.29 is 19.8 Å². The van der Waals surface area contributed by atoms with Gasteiger partial charge in [0.05, 0.1) is 6.42 Å². The molecule has 0 saturated heterocycles. The van der Waals surface area contributed by atoms with E-state index in [4.69, 9.17) is 5.11 Å². The Kier molecular flexibility index (Phi) is 5.83. The third-order valence-corrected chi connectivity index (χ3v) is 2.86. The average molecular weight is 280 g/mol.